The van der Waals surface area contributed by atoms with Gasteiger partial charge in [0.1, 0.15) is 36.3 Å². The summed E-state index contributed by atoms with van der Waals surface area (Å²) in [5.74, 6) is -6.08. The quantitative estimate of drug-likeness (QED) is 0.0977. The van der Waals surface area contributed by atoms with Crippen molar-refractivity contribution in [1.82, 2.24) is 31.1 Å². The molecule has 17 nitrogen and oxygen atoms in total. The Balaban J connectivity index is 1.69. The van der Waals surface area contributed by atoms with Crippen LogP contribution in [0.15, 0.2) is 30.3 Å². The van der Waals surface area contributed by atoms with Gasteiger partial charge in [0, 0.05) is 19.5 Å². The highest BCUT2D eigenvalue weighted by Gasteiger charge is 2.42. The van der Waals surface area contributed by atoms with E-state index in [0.29, 0.717) is 44.2 Å². The molecule has 17 heteroatoms. The normalized spacial score (nSPS) is 19.7. The Morgan fingerprint density at radius 2 is 1.30 bits per heavy atom. The summed E-state index contributed by atoms with van der Waals surface area (Å²) in [7, 11) is 0. The van der Waals surface area contributed by atoms with E-state index in [-0.39, 0.29) is 30.7 Å². The van der Waals surface area contributed by atoms with Crippen LogP contribution in [0.5, 0.6) is 0 Å². The molecule has 7 amide bonds. The highest BCUT2D eigenvalue weighted by molar-refractivity contribution is 5.97. The van der Waals surface area contributed by atoms with E-state index < -0.39 is 90.1 Å². The topological polar surface area (TPSA) is 263 Å². The van der Waals surface area contributed by atoms with Gasteiger partial charge in [0.25, 0.3) is 0 Å². The molecule has 7 atom stereocenters. The van der Waals surface area contributed by atoms with Gasteiger partial charge in [-0.2, -0.15) is 0 Å². The van der Waals surface area contributed by atoms with Crippen molar-refractivity contribution >= 4 is 47.3 Å². The maximum absolute atomic E-state index is 13.9. The van der Waals surface area contributed by atoms with Gasteiger partial charge in [-0.25, -0.2) is 4.79 Å². The summed E-state index contributed by atoms with van der Waals surface area (Å²) in [6.45, 7) is 9.49. The van der Waals surface area contributed by atoms with Crippen molar-refractivity contribution in [3.05, 3.63) is 35.9 Å². The summed E-state index contributed by atoms with van der Waals surface area (Å²) >= 11 is 0. The van der Waals surface area contributed by atoms with Crippen LogP contribution in [-0.4, -0.2) is 118 Å². The summed E-state index contributed by atoms with van der Waals surface area (Å²) in [5.41, 5.74) is 11.9. The first kappa shape index (κ1) is 43.3. The highest BCUT2D eigenvalue weighted by atomic mass is 16.4. The molecule has 2 aliphatic rings. The molecule has 2 saturated heterocycles. The van der Waals surface area contributed by atoms with Gasteiger partial charge in [-0.05, 0) is 56.4 Å². The van der Waals surface area contributed by atoms with Gasteiger partial charge < -0.3 is 47.6 Å². The van der Waals surface area contributed by atoms with Gasteiger partial charge in [-0.3, -0.25) is 33.6 Å². The fraction of sp³-hybridized carbons (Fsp3) is 0.622. The van der Waals surface area contributed by atoms with Gasteiger partial charge in [0.15, 0.2) is 0 Å². The molecule has 2 heterocycles. The average molecular weight is 757 g/mol. The first-order chi connectivity index (χ1) is 25.4. The number of carbonyl (C=O) groups is 8. The van der Waals surface area contributed by atoms with Crippen molar-refractivity contribution in [1.29, 1.82) is 0 Å². The van der Waals surface area contributed by atoms with Crippen LogP contribution in [-0.2, 0) is 44.8 Å². The lowest BCUT2D eigenvalue weighted by Crippen LogP contribution is -2.60. The Hall–Kier alpha value is -5.06. The Morgan fingerprint density at radius 1 is 0.759 bits per heavy atom. The van der Waals surface area contributed by atoms with Crippen molar-refractivity contribution < 1.29 is 43.5 Å². The van der Waals surface area contributed by atoms with E-state index in [1.54, 1.807) is 44.2 Å². The van der Waals surface area contributed by atoms with E-state index >= 15 is 0 Å². The molecular weight excluding hydrogens is 700 g/mol. The fourth-order valence-corrected chi connectivity index (χ4v) is 6.77. The Bertz CT molecular complexity index is 1540. The van der Waals surface area contributed by atoms with Gasteiger partial charge >= 0.3 is 5.97 Å². The average Bonchev–Trinajstić information content (AvgIpc) is 3.80. The number of rotatable bonds is 18. The minimum absolute atomic E-state index is 0.0350. The van der Waals surface area contributed by atoms with Crippen LogP contribution in [0, 0.1) is 11.8 Å². The van der Waals surface area contributed by atoms with Crippen LogP contribution < -0.4 is 32.7 Å². The number of amides is 7. The zero-order valence-electron chi connectivity index (χ0n) is 31.7. The second kappa shape index (κ2) is 19.9. The fourth-order valence-electron chi connectivity index (χ4n) is 6.77. The monoisotopic (exact) mass is 756 g/mol. The number of benzene rings is 1. The number of nitrogens with two attached hydrogens (primary N) is 2. The number of aliphatic carboxylic acids is 1. The molecule has 1 aromatic rings. The maximum atomic E-state index is 13.9. The molecule has 0 bridgehead atoms. The van der Waals surface area contributed by atoms with Crippen molar-refractivity contribution in [2.45, 2.75) is 122 Å². The Labute approximate surface area is 315 Å². The molecule has 2 aliphatic heterocycles. The van der Waals surface area contributed by atoms with E-state index in [9.17, 15) is 43.5 Å². The summed E-state index contributed by atoms with van der Waals surface area (Å²) in [6, 6.07) is 1.08. The molecule has 0 aliphatic carbocycles. The molecule has 0 radical (unpaired) electrons. The predicted octanol–water partition coefficient (Wildman–Crippen LogP) is -0.840. The summed E-state index contributed by atoms with van der Waals surface area (Å²) < 4.78 is 0. The lowest BCUT2D eigenvalue weighted by molar-refractivity contribution is -0.145. The molecule has 54 heavy (non-hydrogen) atoms. The number of carboxylic acids is 1. The number of hydrogen-bond acceptors (Lipinski definition) is 9. The van der Waals surface area contributed by atoms with E-state index in [1.165, 1.54) is 16.7 Å². The van der Waals surface area contributed by atoms with Crippen molar-refractivity contribution in [3.8, 4) is 0 Å². The summed E-state index contributed by atoms with van der Waals surface area (Å²) in [4.78, 5) is 107. The van der Waals surface area contributed by atoms with Gasteiger partial charge in [0.05, 0.1) is 12.5 Å². The third kappa shape index (κ3) is 12.0. The van der Waals surface area contributed by atoms with Crippen molar-refractivity contribution in [2.75, 3.05) is 13.1 Å². The zero-order valence-corrected chi connectivity index (χ0v) is 31.7. The van der Waals surface area contributed by atoms with E-state index in [4.69, 9.17) is 11.5 Å². The highest BCUT2D eigenvalue weighted by Crippen LogP contribution is 2.23. The first-order valence-corrected chi connectivity index (χ1v) is 18.5. The first-order valence-electron chi connectivity index (χ1n) is 18.5. The number of carbonyl (C=O) groups excluding carboxylic acids is 7. The molecule has 1 aromatic carbocycles. The third-order valence-electron chi connectivity index (χ3n) is 9.64. The number of carboxylic acid groups (broad SMARTS) is 1. The van der Waals surface area contributed by atoms with Gasteiger partial charge in [0.2, 0.25) is 41.4 Å². The summed E-state index contributed by atoms with van der Waals surface area (Å²) in [5, 5.41) is 19.8. The van der Waals surface area contributed by atoms with E-state index in [0.717, 1.165) is 0 Å². The molecule has 3 rings (SSSR count). The van der Waals surface area contributed by atoms with E-state index in [1.807, 2.05) is 13.8 Å². The van der Waals surface area contributed by atoms with Gasteiger partial charge in [-0.15, -0.1) is 0 Å². The molecule has 0 saturated carbocycles. The molecule has 0 spiro atoms. The Morgan fingerprint density at radius 3 is 1.81 bits per heavy atom. The van der Waals surface area contributed by atoms with Crippen LogP contribution in [0.3, 0.4) is 0 Å². The molecular formula is C37H56N8O9. The van der Waals surface area contributed by atoms with Crippen LogP contribution in [0.1, 0.15) is 78.7 Å². The third-order valence-corrected chi connectivity index (χ3v) is 9.64. The van der Waals surface area contributed by atoms with Crippen LogP contribution in [0.25, 0.3) is 0 Å². The smallest absolute Gasteiger partial charge is 0.326 e. The standard InChI is InChI=1S/C37H56N8O9/c1-20(2)17-24(38)35(51)44-15-9-14-28(44)34(50)43-30(21(3)4)36(52)45-16-10-13-27(45)33(49)40-22(5)31(47)41-25(18-23-11-7-6-8-12-23)32(48)42-26(37(53)54)19-29(39)46/h6-8,11-12,20-22,24-28,30H,9-10,13-19,38H2,1-5H3,(H2,39,46)(H,40,49)(H,41,47)(H,42,48)(H,43,50)(H,53,54)/t22-,24-,25-,26-,27-,28-,30-/m0/s1. The minimum atomic E-state index is -1.62. The second-order valence-corrected chi connectivity index (χ2v) is 14.9. The SMILES string of the molecule is CC(C)C[C@H](N)C(=O)N1CCC[C@H]1C(=O)N[C@H](C(=O)N1CCC[C@H]1C(=O)N[C@@H](C)C(=O)N[C@@H](Cc1ccccc1)C(=O)N[C@@H](CC(N)=O)C(=O)O)C(C)C. The number of nitrogens with zero attached hydrogens (tertiary/aromatic N) is 2. The summed E-state index contributed by atoms with van der Waals surface area (Å²) in [6.07, 6.45) is 1.63. The second-order valence-electron chi connectivity index (χ2n) is 14.9. The van der Waals surface area contributed by atoms with Crippen LogP contribution >= 0.6 is 0 Å². The lowest BCUT2D eigenvalue weighted by Gasteiger charge is -2.33. The van der Waals surface area contributed by atoms with Gasteiger partial charge in [-0.1, -0.05) is 58.0 Å². The molecule has 0 unspecified atom stereocenters. The molecule has 0 aromatic heterocycles. The molecule has 2 fully saturated rings. The maximum Gasteiger partial charge on any atom is 0.326 e. The largest absolute Gasteiger partial charge is 0.480 e. The lowest BCUT2D eigenvalue weighted by atomic mass is 10.0. The van der Waals surface area contributed by atoms with Crippen molar-refractivity contribution in [3.63, 3.8) is 0 Å². The van der Waals surface area contributed by atoms with Crippen LogP contribution in [0.2, 0.25) is 0 Å². The predicted molar refractivity (Wildman–Crippen MR) is 197 cm³/mol. The van der Waals surface area contributed by atoms with Crippen molar-refractivity contribution in [2.24, 2.45) is 23.3 Å². The number of hydrogen-bond donors (Lipinski definition) is 7. The number of nitrogens with one attached hydrogen (secondary N) is 4. The van der Waals surface area contributed by atoms with E-state index in [2.05, 4.69) is 21.3 Å². The molecule has 9 N–H and O–H groups in total. The van der Waals surface area contributed by atoms with Crippen LogP contribution in [0.4, 0.5) is 0 Å². The Kier molecular flexibility index (Phi) is 15.9. The molecule has 298 valence electrons. The zero-order chi connectivity index (χ0) is 40.3. The number of likely N-dealkylation sites (tertiary alicyclic amines) is 2. The number of primary amides is 1. The minimum Gasteiger partial charge on any atom is -0.480 e.